The molecule has 144 valence electrons. The molecule has 7 heteroatoms. The third-order valence-corrected chi connectivity index (χ3v) is 7.30. The van der Waals surface area contributed by atoms with Crippen LogP contribution in [0.2, 0.25) is 0 Å². The molecule has 0 bridgehead atoms. The second-order valence-corrected chi connectivity index (χ2v) is 9.30. The van der Waals surface area contributed by atoms with Crippen molar-refractivity contribution in [1.29, 1.82) is 10.5 Å². The lowest BCUT2D eigenvalue weighted by atomic mass is 9.72. The van der Waals surface area contributed by atoms with Gasteiger partial charge in [-0.2, -0.15) is 10.5 Å². The summed E-state index contributed by atoms with van der Waals surface area (Å²) in [6.45, 7) is 5.10. The molecule has 0 aromatic rings. The molecule has 3 rings (SSSR count). The third-order valence-electron chi connectivity index (χ3n) is 6.32. The molecule has 6 nitrogen and oxygen atoms in total. The predicted molar refractivity (Wildman–Crippen MR) is 103 cm³/mol. The Labute approximate surface area is 165 Å². The molecule has 2 amide bonds. The molecule has 0 radical (unpaired) electrons. The van der Waals surface area contributed by atoms with E-state index in [1.165, 1.54) is 37.4 Å². The van der Waals surface area contributed by atoms with E-state index in [2.05, 4.69) is 11.4 Å². The van der Waals surface area contributed by atoms with Gasteiger partial charge in [0.05, 0.1) is 28.5 Å². The Kier molecular flexibility index (Phi) is 5.81. The summed E-state index contributed by atoms with van der Waals surface area (Å²) in [5.74, 6) is 0.343. The molecule has 2 aliphatic heterocycles. The van der Waals surface area contributed by atoms with E-state index in [1.54, 1.807) is 13.8 Å². The molecule has 0 unspecified atom stereocenters. The number of piperidine rings is 1. The number of allylic oxidation sites excluding steroid dienone is 1. The number of carbonyl (C=O) groups excluding carboxylic acids is 2. The normalized spacial score (nSPS) is 30.0. The van der Waals surface area contributed by atoms with Crippen LogP contribution in [0.3, 0.4) is 0 Å². The molecule has 1 saturated carbocycles. The zero-order valence-corrected chi connectivity index (χ0v) is 16.8. The van der Waals surface area contributed by atoms with Gasteiger partial charge in [0.2, 0.25) is 11.8 Å². The molecule has 27 heavy (non-hydrogen) atoms. The number of nitriles is 2. The summed E-state index contributed by atoms with van der Waals surface area (Å²) in [5, 5.41) is 21.9. The molecular weight excluding hydrogens is 360 g/mol. The first-order chi connectivity index (χ1) is 12.9. The van der Waals surface area contributed by atoms with E-state index in [-0.39, 0.29) is 11.7 Å². The van der Waals surface area contributed by atoms with Crippen LogP contribution < -0.4 is 5.32 Å². The molecule has 0 aromatic carbocycles. The van der Waals surface area contributed by atoms with Crippen LogP contribution >= 0.6 is 11.8 Å². The highest BCUT2D eigenvalue weighted by atomic mass is 32.2. The maximum atomic E-state index is 12.7. The van der Waals surface area contributed by atoms with Gasteiger partial charge in [-0.3, -0.25) is 9.59 Å². The standard InChI is InChI=1S/C20H26N4O2S/c1-20(2)15(9-21)18(26)23-19(16(20)10-22)27-12-17(25)24-8-7-13-5-3-4-6-14(13)11-24/h13-15H,3-8,11-12H2,1-2H3,(H,23,26)/t13-,14-,15-/m1/s1. The number of thioether (sulfide) groups is 1. The fourth-order valence-corrected chi connectivity index (χ4v) is 5.66. The van der Waals surface area contributed by atoms with Gasteiger partial charge in [-0.1, -0.05) is 44.9 Å². The molecule has 2 heterocycles. The topological polar surface area (TPSA) is 97.0 Å². The summed E-state index contributed by atoms with van der Waals surface area (Å²) in [4.78, 5) is 26.9. The fraction of sp³-hybridized carbons (Fsp3) is 0.700. The highest BCUT2D eigenvalue weighted by Crippen LogP contribution is 2.42. The van der Waals surface area contributed by atoms with E-state index >= 15 is 0 Å². The second-order valence-electron chi connectivity index (χ2n) is 8.31. The van der Waals surface area contributed by atoms with E-state index in [1.807, 2.05) is 11.0 Å². The number of fused-ring (bicyclic) bond motifs is 1. The zero-order chi connectivity index (χ0) is 19.6. The molecule has 1 saturated heterocycles. The summed E-state index contributed by atoms with van der Waals surface area (Å²) in [7, 11) is 0. The van der Waals surface area contributed by atoms with Crippen molar-refractivity contribution in [2.24, 2.45) is 23.2 Å². The van der Waals surface area contributed by atoms with Crippen molar-refractivity contribution in [3.63, 3.8) is 0 Å². The van der Waals surface area contributed by atoms with Gasteiger partial charge in [-0.05, 0) is 24.7 Å². The Morgan fingerprint density at radius 3 is 2.63 bits per heavy atom. The van der Waals surface area contributed by atoms with Crippen LogP contribution in [0.15, 0.2) is 10.6 Å². The summed E-state index contributed by atoms with van der Waals surface area (Å²) in [6, 6.07) is 4.13. The zero-order valence-electron chi connectivity index (χ0n) is 16.0. The monoisotopic (exact) mass is 386 g/mol. The Hall–Kier alpha value is -1.99. The lowest BCUT2D eigenvalue weighted by Gasteiger charge is -2.41. The van der Waals surface area contributed by atoms with Crippen molar-refractivity contribution >= 4 is 23.6 Å². The van der Waals surface area contributed by atoms with Crippen molar-refractivity contribution < 1.29 is 9.59 Å². The van der Waals surface area contributed by atoms with Crippen molar-refractivity contribution in [2.45, 2.75) is 46.0 Å². The molecule has 1 aliphatic carbocycles. The van der Waals surface area contributed by atoms with Gasteiger partial charge in [0.25, 0.3) is 0 Å². The van der Waals surface area contributed by atoms with Gasteiger partial charge in [0, 0.05) is 18.5 Å². The van der Waals surface area contributed by atoms with Gasteiger partial charge in [0.1, 0.15) is 5.92 Å². The van der Waals surface area contributed by atoms with E-state index in [0.717, 1.165) is 25.4 Å². The number of likely N-dealkylation sites (tertiary alicyclic amines) is 1. The molecule has 1 N–H and O–H groups in total. The maximum Gasteiger partial charge on any atom is 0.243 e. The van der Waals surface area contributed by atoms with Gasteiger partial charge >= 0.3 is 0 Å². The summed E-state index contributed by atoms with van der Waals surface area (Å²) in [6.07, 6.45) is 6.17. The quantitative estimate of drug-likeness (QED) is 0.804. The number of amides is 2. The van der Waals surface area contributed by atoms with E-state index in [0.29, 0.717) is 16.5 Å². The number of rotatable bonds is 3. The van der Waals surface area contributed by atoms with Crippen LogP contribution in [-0.4, -0.2) is 35.6 Å². The smallest absolute Gasteiger partial charge is 0.243 e. The van der Waals surface area contributed by atoms with Crippen LogP contribution in [0.25, 0.3) is 0 Å². The Balaban J connectivity index is 1.66. The number of nitrogens with one attached hydrogen (secondary N) is 1. The largest absolute Gasteiger partial charge is 0.342 e. The molecular formula is C20H26N4O2S. The van der Waals surface area contributed by atoms with Crippen LogP contribution in [0.4, 0.5) is 0 Å². The minimum absolute atomic E-state index is 0.0586. The first kappa shape index (κ1) is 19.8. The number of hydrogen-bond donors (Lipinski definition) is 1. The highest BCUT2D eigenvalue weighted by molar-refractivity contribution is 8.03. The van der Waals surface area contributed by atoms with Gasteiger partial charge in [-0.25, -0.2) is 0 Å². The Morgan fingerprint density at radius 2 is 1.96 bits per heavy atom. The first-order valence-electron chi connectivity index (χ1n) is 9.64. The van der Waals surface area contributed by atoms with E-state index < -0.39 is 17.2 Å². The van der Waals surface area contributed by atoms with Gasteiger partial charge in [0.15, 0.2) is 0 Å². The molecule has 0 aromatic heterocycles. The van der Waals surface area contributed by atoms with Gasteiger partial charge in [-0.15, -0.1) is 0 Å². The van der Waals surface area contributed by atoms with Gasteiger partial charge < -0.3 is 10.2 Å². The Bertz CT molecular complexity index is 746. The van der Waals surface area contributed by atoms with E-state index in [9.17, 15) is 20.1 Å². The van der Waals surface area contributed by atoms with Crippen LogP contribution in [-0.2, 0) is 9.59 Å². The summed E-state index contributed by atoms with van der Waals surface area (Å²) >= 11 is 1.20. The molecule has 2 fully saturated rings. The molecule has 3 atom stereocenters. The third kappa shape index (κ3) is 3.84. The first-order valence-corrected chi connectivity index (χ1v) is 10.6. The SMILES string of the molecule is CC1(C)C(C#N)=C(SCC(=O)N2CC[C@H]3CCCC[C@@H]3C2)NC(=O)[C@H]1C#N. The minimum atomic E-state index is -0.905. The maximum absolute atomic E-state index is 12.7. The second kappa shape index (κ2) is 7.94. The minimum Gasteiger partial charge on any atom is -0.342 e. The highest BCUT2D eigenvalue weighted by Gasteiger charge is 2.45. The molecule has 3 aliphatic rings. The number of nitrogens with zero attached hydrogens (tertiary/aromatic N) is 3. The van der Waals surface area contributed by atoms with Crippen molar-refractivity contribution in [1.82, 2.24) is 10.2 Å². The van der Waals surface area contributed by atoms with Crippen molar-refractivity contribution in [3.8, 4) is 12.1 Å². The van der Waals surface area contributed by atoms with Crippen LogP contribution in [0, 0.1) is 45.8 Å². The summed E-state index contributed by atoms with van der Waals surface area (Å²) in [5.41, 5.74) is -0.491. The van der Waals surface area contributed by atoms with Crippen molar-refractivity contribution in [3.05, 3.63) is 10.6 Å². The van der Waals surface area contributed by atoms with Crippen LogP contribution in [0.1, 0.15) is 46.0 Å². The summed E-state index contributed by atoms with van der Waals surface area (Å²) < 4.78 is 0. The number of hydrogen-bond acceptors (Lipinski definition) is 5. The number of carbonyl (C=O) groups is 2. The lowest BCUT2D eigenvalue weighted by molar-refractivity contribution is -0.131. The average molecular weight is 387 g/mol. The average Bonchev–Trinajstić information content (AvgIpc) is 2.65. The molecule has 0 spiro atoms. The van der Waals surface area contributed by atoms with Crippen molar-refractivity contribution in [2.75, 3.05) is 18.8 Å². The van der Waals surface area contributed by atoms with E-state index in [4.69, 9.17) is 0 Å². The lowest BCUT2D eigenvalue weighted by Crippen LogP contribution is -2.46. The predicted octanol–water partition coefficient (Wildman–Crippen LogP) is 2.79. The fourth-order valence-electron chi connectivity index (χ4n) is 4.59. The Morgan fingerprint density at radius 1 is 1.26 bits per heavy atom. The van der Waals surface area contributed by atoms with Crippen LogP contribution in [0.5, 0.6) is 0 Å².